The topological polar surface area (TPSA) is 132 Å². The number of alkyl carbamates (subject to hydrolysis) is 1. The number of carbonyl (C=O) groups is 4. The third-order valence-corrected chi connectivity index (χ3v) is 7.89. The molecule has 4 rings (SSSR count). The average molecular weight is 574 g/mol. The molecule has 0 radical (unpaired) electrons. The monoisotopic (exact) mass is 573 g/mol. The molecule has 1 spiro atoms. The van der Waals surface area contributed by atoms with Crippen molar-refractivity contribution in [1.29, 1.82) is 5.26 Å². The first-order chi connectivity index (χ1) is 19.8. The molecule has 222 valence electrons. The third kappa shape index (κ3) is 6.10. The molecular formula is C32H39N5O5. The molecule has 0 aromatic heterocycles. The number of nitriles is 1. The van der Waals surface area contributed by atoms with Gasteiger partial charge in [0.15, 0.2) is 0 Å². The predicted octanol–water partition coefficient (Wildman–Crippen LogP) is 3.62. The molecule has 1 saturated heterocycles. The first kappa shape index (κ1) is 30.6. The maximum absolute atomic E-state index is 14.4. The molecule has 0 saturated carbocycles. The van der Waals surface area contributed by atoms with Crippen molar-refractivity contribution in [3.05, 3.63) is 65.7 Å². The minimum absolute atomic E-state index is 0.0179. The number of rotatable bonds is 7. The Kier molecular flexibility index (Phi) is 8.62. The summed E-state index contributed by atoms with van der Waals surface area (Å²) in [4.78, 5) is 56.9. The van der Waals surface area contributed by atoms with Crippen molar-refractivity contribution < 1.29 is 23.9 Å². The highest BCUT2D eigenvalue weighted by Crippen LogP contribution is 2.46. The number of fused-ring (bicyclic) bond motifs is 2. The summed E-state index contributed by atoms with van der Waals surface area (Å²) in [6, 6.07) is 16.0. The lowest BCUT2D eigenvalue weighted by Gasteiger charge is -2.35. The number of anilines is 1. The highest BCUT2D eigenvalue weighted by atomic mass is 16.6. The van der Waals surface area contributed by atoms with Gasteiger partial charge in [0.1, 0.15) is 23.7 Å². The lowest BCUT2D eigenvalue weighted by Crippen LogP contribution is -2.58. The van der Waals surface area contributed by atoms with Gasteiger partial charge in [-0.15, -0.1) is 0 Å². The minimum atomic E-state index is -1.05. The van der Waals surface area contributed by atoms with Gasteiger partial charge in [0.05, 0.1) is 11.5 Å². The Morgan fingerprint density at radius 1 is 1.14 bits per heavy atom. The SMILES string of the molecule is CC(C)[C@H](NC(=O)OC(C)(C)C)C(=O)N(C)[C@@H](Cc1ccccc1)C(=O)N1C[C@]2(C[C@H]1C#N)C(=O)Nc1ccccc12. The van der Waals surface area contributed by atoms with Gasteiger partial charge >= 0.3 is 6.09 Å². The van der Waals surface area contributed by atoms with Gasteiger partial charge in [-0.2, -0.15) is 5.26 Å². The van der Waals surface area contributed by atoms with Gasteiger partial charge in [0.2, 0.25) is 17.7 Å². The van der Waals surface area contributed by atoms with Gasteiger partial charge in [-0.3, -0.25) is 14.4 Å². The van der Waals surface area contributed by atoms with E-state index in [9.17, 15) is 24.4 Å². The quantitative estimate of drug-likeness (QED) is 0.520. The van der Waals surface area contributed by atoms with Gasteiger partial charge in [-0.25, -0.2) is 4.79 Å². The highest BCUT2D eigenvalue weighted by molar-refractivity contribution is 6.07. The fourth-order valence-corrected chi connectivity index (χ4v) is 5.73. The van der Waals surface area contributed by atoms with Crippen molar-refractivity contribution in [2.24, 2.45) is 5.92 Å². The van der Waals surface area contributed by atoms with Gasteiger partial charge in [0.25, 0.3) is 0 Å². The standard InChI is InChI=1S/C32H39N5O5/c1-20(2)26(35-30(41)42-31(3,4)5)28(39)36(6)25(16-21-12-8-7-9-13-21)27(38)37-19-32(17-22(37)18-33)23-14-10-11-15-24(23)34-29(32)40/h7-15,20,22,25-26H,16-17,19H2,1-6H3,(H,34,40)(H,35,41)/t22-,25-,26-,32-/m0/s1. The van der Waals surface area contributed by atoms with E-state index in [4.69, 9.17) is 4.74 Å². The van der Waals surface area contributed by atoms with E-state index in [0.717, 1.165) is 11.1 Å². The van der Waals surface area contributed by atoms with Crippen LogP contribution in [0.3, 0.4) is 0 Å². The zero-order valence-corrected chi connectivity index (χ0v) is 25.0. The smallest absolute Gasteiger partial charge is 0.408 e. The number of carbonyl (C=O) groups excluding carboxylic acids is 4. The summed E-state index contributed by atoms with van der Waals surface area (Å²) >= 11 is 0. The number of benzene rings is 2. The number of hydrogen-bond donors (Lipinski definition) is 2. The molecule has 0 unspecified atom stereocenters. The fraction of sp³-hybridized carbons (Fsp3) is 0.469. The van der Waals surface area contributed by atoms with E-state index in [1.54, 1.807) is 34.6 Å². The summed E-state index contributed by atoms with van der Waals surface area (Å²) in [7, 11) is 1.53. The zero-order valence-electron chi connectivity index (χ0n) is 25.0. The second-order valence-corrected chi connectivity index (χ2v) is 12.4. The van der Waals surface area contributed by atoms with Crippen LogP contribution in [0.15, 0.2) is 54.6 Å². The first-order valence-corrected chi connectivity index (χ1v) is 14.2. The van der Waals surface area contributed by atoms with Crippen molar-refractivity contribution in [3.8, 4) is 6.07 Å². The Balaban J connectivity index is 1.66. The Morgan fingerprint density at radius 3 is 2.40 bits per heavy atom. The summed E-state index contributed by atoms with van der Waals surface area (Å²) in [5, 5.41) is 15.7. The molecule has 4 atom stereocenters. The Hall–Kier alpha value is -4.39. The minimum Gasteiger partial charge on any atom is -0.444 e. The van der Waals surface area contributed by atoms with E-state index in [-0.39, 0.29) is 31.2 Å². The number of amides is 4. The van der Waals surface area contributed by atoms with Crippen molar-refractivity contribution in [3.63, 3.8) is 0 Å². The summed E-state index contributed by atoms with van der Waals surface area (Å²) < 4.78 is 5.38. The molecule has 2 heterocycles. The van der Waals surface area contributed by atoms with Crippen LogP contribution >= 0.6 is 0 Å². The molecule has 2 aliphatic heterocycles. The van der Waals surface area contributed by atoms with E-state index >= 15 is 0 Å². The van der Waals surface area contributed by atoms with Crippen LogP contribution < -0.4 is 10.6 Å². The van der Waals surface area contributed by atoms with Gasteiger partial charge in [-0.05, 0) is 43.9 Å². The number of ether oxygens (including phenoxy) is 1. The van der Waals surface area contributed by atoms with E-state index in [1.807, 2.05) is 54.6 Å². The average Bonchev–Trinajstić information content (AvgIpc) is 3.46. The van der Waals surface area contributed by atoms with Crippen molar-refractivity contribution in [2.75, 3.05) is 18.9 Å². The fourth-order valence-electron chi connectivity index (χ4n) is 5.73. The van der Waals surface area contributed by atoms with E-state index in [0.29, 0.717) is 5.69 Å². The van der Waals surface area contributed by atoms with Crippen LogP contribution in [0.2, 0.25) is 0 Å². The van der Waals surface area contributed by atoms with Crippen molar-refractivity contribution in [1.82, 2.24) is 15.1 Å². The van der Waals surface area contributed by atoms with Crippen LogP contribution in [0.25, 0.3) is 0 Å². The Morgan fingerprint density at radius 2 is 1.79 bits per heavy atom. The molecular weight excluding hydrogens is 534 g/mol. The summed E-state index contributed by atoms with van der Waals surface area (Å²) in [5.41, 5.74) is 0.453. The molecule has 1 fully saturated rings. The van der Waals surface area contributed by atoms with Gasteiger partial charge in [-0.1, -0.05) is 62.4 Å². The normalized spacial score (nSPS) is 20.9. The predicted molar refractivity (Wildman–Crippen MR) is 157 cm³/mol. The second-order valence-electron chi connectivity index (χ2n) is 12.4. The van der Waals surface area contributed by atoms with Crippen molar-refractivity contribution >= 4 is 29.5 Å². The first-order valence-electron chi connectivity index (χ1n) is 14.2. The molecule has 42 heavy (non-hydrogen) atoms. The number of nitrogens with one attached hydrogen (secondary N) is 2. The summed E-state index contributed by atoms with van der Waals surface area (Å²) in [6.45, 7) is 8.82. The Bertz CT molecular complexity index is 1400. The third-order valence-electron chi connectivity index (χ3n) is 7.89. The van der Waals surface area contributed by atoms with Crippen LogP contribution in [0.4, 0.5) is 10.5 Å². The number of para-hydroxylation sites is 1. The van der Waals surface area contributed by atoms with Crippen molar-refractivity contribution in [2.45, 2.75) is 76.6 Å². The number of likely N-dealkylation sites (N-methyl/N-ethyl adjacent to an activating group) is 1. The zero-order chi connectivity index (χ0) is 30.8. The molecule has 10 heteroatoms. The highest BCUT2D eigenvalue weighted by Gasteiger charge is 2.56. The van der Waals surface area contributed by atoms with E-state index in [2.05, 4.69) is 16.7 Å². The maximum Gasteiger partial charge on any atom is 0.408 e. The Labute approximate surface area is 247 Å². The van der Waals surface area contributed by atoms with E-state index in [1.165, 1.54) is 16.8 Å². The molecule has 0 aliphatic carbocycles. The molecule has 2 aromatic carbocycles. The number of likely N-dealkylation sites (tertiary alicyclic amines) is 1. The summed E-state index contributed by atoms with van der Waals surface area (Å²) in [6.07, 6.45) is -0.391. The largest absolute Gasteiger partial charge is 0.444 e. The molecule has 2 aromatic rings. The molecule has 2 N–H and O–H groups in total. The second kappa shape index (κ2) is 11.8. The molecule has 2 aliphatic rings. The van der Waals surface area contributed by atoms with Crippen LogP contribution in [0.1, 0.15) is 52.2 Å². The summed E-state index contributed by atoms with van der Waals surface area (Å²) in [5.74, 6) is -1.45. The molecule has 10 nitrogen and oxygen atoms in total. The maximum atomic E-state index is 14.4. The van der Waals surface area contributed by atoms with E-state index < -0.39 is 47.0 Å². The lowest BCUT2D eigenvalue weighted by atomic mass is 9.80. The number of hydrogen-bond acceptors (Lipinski definition) is 6. The lowest BCUT2D eigenvalue weighted by molar-refractivity contribution is -0.146. The van der Waals surface area contributed by atoms with Gasteiger partial charge < -0.3 is 25.2 Å². The number of nitrogens with zero attached hydrogens (tertiary/aromatic N) is 3. The van der Waals surface area contributed by atoms with Crippen LogP contribution in [-0.4, -0.2) is 70.9 Å². The van der Waals surface area contributed by atoms with Crippen LogP contribution in [0, 0.1) is 17.2 Å². The van der Waals surface area contributed by atoms with Crippen LogP contribution in [0.5, 0.6) is 0 Å². The molecule has 0 bridgehead atoms. The van der Waals surface area contributed by atoms with Crippen LogP contribution in [-0.2, 0) is 31.0 Å². The van der Waals surface area contributed by atoms with Gasteiger partial charge in [0, 0.05) is 32.1 Å². The molecule has 4 amide bonds.